The second-order valence-electron chi connectivity index (χ2n) is 6.77. The first-order valence-corrected chi connectivity index (χ1v) is 7.45. The largest absolute Gasteiger partial charge is 0.396 e. The first-order chi connectivity index (χ1) is 8.64. The Morgan fingerprint density at radius 1 is 1.06 bits per heavy atom. The molecule has 4 aliphatic carbocycles. The molecule has 4 saturated carbocycles. The van der Waals surface area contributed by atoms with Crippen molar-refractivity contribution < 1.29 is 0 Å². The number of nitrogen functional groups attached to an aromatic ring is 1. The second kappa shape index (κ2) is 3.63. The molecule has 18 heavy (non-hydrogen) atoms. The second-order valence-corrected chi connectivity index (χ2v) is 7.13. The zero-order valence-corrected chi connectivity index (χ0v) is 11.3. The average Bonchev–Trinajstić information content (AvgIpc) is 2.31. The molecule has 4 fully saturated rings. The average molecular weight is 263 g/mol. The number of aromatic nitrogens is 1. The molecule has 0 amide bonds. The van der Waals surface area contributed by atoms with Gasteiger partial charge in [0.2, 0.25) is 0 Å². The summed E-state index contributed by atoms with van der Waals surface area (Å²) in [5.41, 5.74) is 7.92. The van der Waals surface area contributed by atoms with E-state index in [1.54, 1.807) is 0 Å². The van der Waals surface area contributed by atoms with Crippen LogP contribution in [0.1, 0.15) is 44.2 Å². The Labute approximate surface area is 113 Å². The van der Waals surface area contributed by atoms with Crippen LogP contribution in [0.4, 0.5) is 5.69 Å². The van der Waals surface area contributed by atoms with Gasteiger partial charge in [-0.3, -0.25) is 0 Å². The smallest absolute Gasteiger partial charge is 0.152 e. The third-order valence-electron chi connectivity index (χ3n) is 5.46. The van der Waals surface area contributed by atoms with Gasteiger partial charge in [0.1, 0.15) is 0 Å². The van der Waals surface area contributed by atoms with Crippen LogP contribution in [0.5, 0.6) is 0 Å². The monoisotopic (exact) mass is 262 g/mol. The zero-order chi connectivity index (χ0) is 12.3. The summed E-state index contributed by atoms with van der Waals surface area (Å²) in [6.45, 7) is 0. The highest BCUT2D eigenvalue weighted by atomic mass is 35.5. The van der Waals surface area contributed by atoms with E-state index in [0.717, 1.165) is 17.8 Å². The van der Waals surface area contributed by atoms with E-state index in [9.17, 15) is 0 Å². The maximum atomic E-state index is 6.12. The standard InChI is InChI=1S/C15H19ClN2/c16-14-12(17)1-2-13(18-14)15-6-9-3-10(7-15)5-11(4-9)8-15/h1-2,9-11H,3-8,17H2. The Bertz CT molecular complexity index is 462. The summed E-state index contributed by atoms with van der Waals surface area (Å²) in [6, 6.07) is 4.05. The van der Waals surface area contributed by atoms with E-state index in [1.807, 2.05) is 6.07 Å². The quantitative estimate of drug-likeness (QED) is 0.782. The van der Waals surface area contributed by atoms with Gasteiger partial charge in [-0.2, -0.15) is 0 Å². The molecule has 4 bridgehead atoms. The lowest BCUT2D eigenvalue weighted by atomic mass is 9.49. The molecule has 0 saturated heterocycles. The van der Waals surface area contributed by atoms with Gasteiger partial charge in [-0.1, -0.05) is 11.6 Å². The van der Waals surface area contributed by atoms with Crippen molar-refractivity contribution in [2.75, 3.05) is 5.73 Å². The van der Waals surface area contributed by atoms with Crippen LogP contribution in [0.3, 0.4) is 0 Å². The number of hydrogen-bond donors (Lipinski definition) is 1. The lowest BCUT2D eigenvalue weighted by molar-refractivity contribution is -0.00717. The molecule has 1 aromatic rings. The van der Waals surface area contributed by atoms with E-state index in [-0.39, 0.29) is 0 Å². The van der Waals surface area contributed by atoms with E-state index < -0.39 is 0 Å². The summed E-state index contributed by atoms with van der Waals surface area (Å²) >= 11 is 6.12. The number of hydrogen-bond acceptors (Lipinski definition) is 2. The predicted octanol–water partition coefficient (Wildman–Crippen LogP) is 3.79. The van der Waals surface area contributed by atoms with Gasteiger partial charge < -0.3 is 5.73 Å². The Morgan fingerprint density at radius 2 is 1.61 bits per heavy atom. The van der Waals surface area contributed by atoms with Crippen LogP contribution in [-0.2, 0) is 5.41 Å². The first kappa shape index (κ1) is 11.1. The molecule has 0 aliphatic heterocycles. The highest BCUT2D eigenvalue weighted by Gasteiger charge is 2.52. The topological polar surface area (TPSA) is 38.9 Å². The Morgan fingerprint density at radius 3 is 2.11 bits per heavy atom. The van der Waals surface area contributed by atoms with Crippen molar-refractivity contribution in [3.63, 3.8) is 0 Å². The molecule has 0 atom stereocenters. The van der Waals surface area contributed by atoms with Crippen molar-refractivity contribution in [1.29, 1.82) is 0 Å². The summed E-state index contributed by atoms with van der Waals surface area (Å²) in [4.78, 5) is 4.60. The molecular formula is C15H19ClN2. The van der Waals surface area contributed by atoms with E-state index in [0.29, 0.717) is 16.3 Å². The van der Waals surface area contributed by atoms with Crippen LogP contribution in [0.15, 0.2) is 12.1 Å². The lowest BCUT2D eigenvalue weighted by Gasteiger charge is -2.56. The fourth-order valence-corrected chi connectivity index (χ4v) is 5.32. The number of nitrogens with zero attached hydrogens (tertiary/aromatic N) is 1. The number of anilines is 1. The van der Waals surface area contributed by atoms with Crippen molar-refractivity contribution in [2.24, 2.45) is 17.8 Å². The normalized spacial score (nSPS) is 41.3. The number of halogens is 1. The van der Waals surface area contributed by atoms with Crippen molar-refractivity contribution in [3.8, 4) is 0 Å². The fourth-order valence-electron chi connectivity index (χ4n) is 5.16. The van der Waals surface area contributed by atoms with Gasteiger partial charge in [0.25, 0.3) is 0 Å². The minimum absolute atomic E-state index is 0.325. The third-order valence-corrected chi connectivity index (χ3v) is 5.76. The molecule has 0 spiro atoms. The van der Waals surface area contributed by atoms with Crippen LogP contribution >= 0.6 is 11.6 Å². The summed E-state index contributed by atoms with van der Waals surface area (Å²) in [6.07, 6.45) is 8.36. The van der Waals surface area contributed by atoms with Gasteiger partial charge in [0.05, 0.1) is 5.69 Å². The van der Waals surface area contributed by atoms with Crippen molar-refractivity contribution >= 4 is 17.3 Å². The highest BCUT2D eigenvalue weighted by Crippen LogP contribution is 2.60. The van der Waals surface area contributed by atoms with E-state index >= 15 is 0 Å². The van der Waals surface area contributed by atoms with Crippen LogP contribution in [0.25, 0.3) is 0 Å². The van der Waals surface area contributed by atoms with Crippen LogP contribution in [-0.4, -0.2) is 4.98 Å². The maximum Gasteiger partial charge on any atom is 0.152 e. The Kier molecular flexibility index (Phi) is 2.24. The van der Waals surface area contributed by atoms with Gasteiger partial charge in [-0.05, 0) is 68.4 Å². The van der Waals surface area contributed by atoms with Gasteiger partial charge in [0, 0.05) is 11.1 Å². The Balaban J connectivity index is 1.76. The summed E-state index contributed by atoms with van der Waals surface area (Å²) in [7, 11) is 0. The van der Waals surface area contributed by atoms with Crippen LogP contribution in [0, 0.1) is 17.8 Å². The summed E-state index contributed by atoms with van der Waals surface area (Å²) in [5.74, 6) is 2.82. The van der Waals surface area contributed by atoms with E-state index in [2.05, 4.69) is 11.1 Å². The molecule has 5 rings (SSSR count). The van der Waals surface area contributed by atoms with E-state index in [1.165, 1.54) is 44.2 Å². The van der Waals surface area contributed by atoms with Gasteiger partial charge in [-0.25, -0.2) is 4.98 Å². The van der Waals surface area contributed by atoms with Gasteiger partial charge in [0.15, 0.2) is 5.15 Å². The van der Waals surface area contributed by atoms with Gasteiger partial charge >= 0.3 is 0 Å². The molecular weight excluding hydrogens is 244 g/mol. The van der Waals surface area contributed by atoms with Crippen molar-refractivity contribution in [3.05, 3.63) is 23.0 Å². The number of rotatable bonds is 1. The summed E-state index contributed by atoms with van der Waals surface area (Å²) in [5, 5.41) is 0.489. The molecule has 1 heterocycles. The molecule has 2 N–H and O–H groups in total. The molecule has 96 valence electrons. The SMILES string of the molecule is Nc1ccc(C23CC4CC(CC(C4)C2)C3)nc1Cl. The van der Waals surface area contributed by atoms with Crippen LogP contribution in [0.2, 0.25) is 5.15 Å². The van der Waals surface area contributed by atoms with Crippen molar-refractivity contribution in [1.82, 2.24) is 4.98 Å². The van der Waals surface area contributed by atoms with E-state index in [4.69, 9.17) is 17.3 Å². The lowest BCUT2D eigenvalue weighted by Crippen LogP contribution is -2.48. The minimum atomic E-state index is 0.325. The maximum absolute atomic E-state index is 6.12. The molecule has 4 aliphatic rings. The zero-order valence-electron chi connectivity index (χ0n) is 10.5. The first-order valence-electron chi connectivity index (χ1n) is 7.07. The predicted molar refractivity (Wildman–Crippen MR) is 73.5 cm³/mol. The van der Waals surface area contributed by atoms with Gasteiger partial charge in [-0.15, -0.1) is 0 Å². The van der Waals surface area contributed by atoms with Crippen LogP contribution < -0.4 is 5.73 Å². The third kappa shape index (κ3) is 1.51. The molecule has 1 aromatic heterocycles. The molecule has 0 radical (unpaired) electrons. The fraction of sp³-hybridized carbons (Fsp3) is 0.667. The van der Waals surface area contributed by atoms with Crippen molar-refractivity contribution in [2.45, 2.75) is 43.9 Å². The number of pyridine rings is 1. The Hall–Kier alpha value is -0.760. The summed E-state index contributed by atoms with van der Waals surface area (Å²) < 4.78 is 0. The molecule has 0 unspecified atom stereocenters. The minimum Gasteiger partial charge on any atom is -0.396 e. The highest BCUT2D eigenvalue weighted by molar-refractivity contribution is 6.31. The number of nitrogens with two attached hydrogens (primary N) is 1. The molecule has 0 aromatic carbocycles. The molecule has 3 heteroatoms. The molecule has 2 nitrogen and oxygen atoms in total.